The molecule has 3 amide bonds. The molecule has 0 radical (unpaired) electrons. The van der Waals surface area contributed by atoms with Crippen LogP contribution in [0.5, 0.6) is 0 Å². The number of nitrogens with zero attached hydrogens (tertiary/aromatic N) is 3. The maximum atomic E-state index is 14.8. The predicted octanol–water partition coefficient (Wildman–Crippen LogP) is 2.41. The highest BCUT2D eigenvalue weighted by Crippen LogP contribution is 2.42. The third-order valence-electron chi connectivity index (χ3n) is 7.36. The molecule has 3 atom stereocenters. The van der Waals surface area contributed by atoms with Crippen LogP contribution in [-0.4, -0.2) is 57.6 Å². The smallest absolute Gasteiger partial charge is 0.338 e. The Hall–Kier alpha value is -3.99. The molecule has 1 saturated heterocycles. The number of carbonyl (C=O) groups excluding carboxylic acids is 4. The van der Waals surface area contributed by atoms with Gasteiger partial charge in [0.05, 0.1) is 23.2 Å². The predicted molar refractivity (Wildman–Crippen MR) is 135 cm³/mol. The molecule has 5 rings (SSSR count). The standard InChI is InChI=1S/C26H25ClFN5O5/c1-38-26(37)15-8-9-18(27)21(28)17(15)11-30-25(36)23-13-6-7-14(10-13)33(23)20(34)12-32-19-5-3-2-4-16(19)22(31-32)24(29)35/h2-5,8-9,13-14,23H,6-7,10-12H2,1H3,(H2,29,35)(H,30,36)/t13-,14+,23-/m0/s1. The van der Waals surface area contributed by atoms with Crippen molar-refractivity contribution >= 4 is 46.2 Å². The van der Waals surface area contributed by atoms with E-state index < -0.39 is 29.6 Å². The lowest BCUT2D eigenvalue weighted by molar-refractivity contribution is -0.143. The zero-order valence-electron chi connectivity index (χ0n) is 20.4. The third kappa shape index (κ3) is 4.36. The van der Waals surface area contributed by atoms with Crippen LogP contribution in [0.25, 0.3) is 10.9 Å². The zero-order valence-corrected chi connectivity index (χ0v) is 21.2. The number of halogens is 2. The Balaban J connectivity index is 1.37. The molecule has 1 aliphatic carbocycles. The number of nitrogens with two attached hydrogens (primary N) is 1. The largest absolute Gasteiger partial charge is 0.465 e. The van der Waals surface area contributed by atoms with Crippen molar-refractivity contribution < 1.29 is 28.3 Å². The monoisotopic (exact) mass is 541 g/mol. The molecule has 1 saturated carbocycles. The van der Waals surface area contributed by atoms with Crippen molar-refractivity contribution in [3.8, 4) is 0 Å². The van der Waals surface area contributed by atoms with Gasteiger partial charge in [-0.2, -0.15) is 5.10 Å². The summed E-state index contributed by atoms with van der Waals surface area (Å²) >= 11 is 5.90. The van der Waals surface area contributed by atoms with E-state index in [1.54, 1.807) is 29.2 Å². The summed E-state index contributed by atoms with van der Waals surface area (Å²) in [7, 11) is 1.17. The fourth-order valence-corrected chi connectivity index (χ4v) is 5.85. The van der Waals surface area contributed by atoms with Crippen LogP contribution in [0.1, 0.15) is 45.7 Å². The van der Waals surface area contributed by atoms with Crippen LogP contribution in [0.2, 0.25) is 5.02 Å². The molecule has 2 aliphatic rings. The van der Waals surface area contributed by atoms with Gasteiger partial charge in [0, 0.05) is 23.5 Å². The second-order valence-corrected chi connectivity index (χ2v) is 9.86. The first kappa shape index (κ1) is 25.7. The number of ether oxygens (including phenoxy) is 1. The second-order valence-electron chi connectivity index (χ2n) is 9.46. The Kier molecular flexibility index (Phi) is 6.78. The van der Waals surface area contributed by atoms with Gasteiger partial charge < -0.3 is 20.7 Å². The maximum Gasteiger partial charge on any atom is 0.338 e. The van der Waals surface area contributed by atoms with E-state index in [-0.39, 0.29) is 52.8 Å². The summed E-state index contributed by atoms with van der Waals surface area (Å²) in [5, 5.41) is 7.29. The summed E-state index contributed by atoms with van der Waals surface area (Å²) in [6.07, 6.45) is 2.22. The van der Waals surface area contributed by atoms with E-state index in [2.05, 4.69) is 10.4 Å². The maximum absolute atomic E-state index is 14.8. The molecule has 2 aromatic carbocycles. The highest BCUT2D eigenvalue weighted by molar-refractivity contribution is 6.31. The van der Waals surface area contributed by atoms with E-state index in [9.17, 15) is 23.6 Å². The summed E-state index contributed by atoms with van der Waals surface area (Å²) in [4.78, 5) is 52.5. The van der Waals surface area contributed by atoms with Crippen LogP contribution in [0.3, 0.4) is 0 Å². The van der Waals surface area contributed by atoms with Gasteiger partial charge in [-0.25, -0.2) is 9.18 Å². The number of likely N-dealkylation sites (tertiary alicyclic amines) is 1. The summed E-state index contributed by atoms with van der Waals surface area (Å²) in [6, 6.07) is 8.65. The number of hydrogen-bond donors (Lipinski definition) is 2. The van der Waals surface area contributed by atoms with Gasteiger partial charge in [-0.1, -0.05) is 29.8 Å². The van der Waals surface area contributed by atoms with Crippen LogP contribution in [-0.2, 0) is 27.4 Å². The first-order chi connectivity index (χ1) is 18.2. The van der Waals surface area contributed by atoms with Crippen LogP contribution in [0.4, 0.5) is 4.39 Å². The fraction of sp³-hybridized carbons (Fsp3) is 0.346. The van der Waals surface area contributed by atoms with Crippen LogP contribution >= 0.6 is 11.6 Å². The number of rotatable bonds is 7. The molecule has 3 N–H and O–H groups in total. The van der Waals surface area contributed by atoms with E-state index in [1.165, 1.54) is 23.9 Å². The van der Waals surface area contributed by atoms with E-state index in [4.69, 9.17) is 22.1 Å². The molecule has 38 heavy (non-hydrogen) atoms. The SMILES string of the molecule is COC(=O)c1ccc(Cl)c(F)c1CNC(=O)[C@@H]1[C@H]2CC[C@H](C2)N1C(=O)Cn1nc(C(N)=O)c2ccccc21. The first-order valence-corrected chi connectivity index (χ1v) is 12.5. The normalized spacial score (nSPS) is 20.1. The number of primary amides is 1. The van der Waals surface area contributed by atoms with E-state index in [1.807, 2.05) is 0 Å². The number of fused-ring (bicyclic) bond motifs is 3. The van der Waals surface area contributed by atoms with Crippen molar-refractivity contribution in [3.63, 3.8) is 0 Å². The van der Waals surface area contributed by atoms with Crippen LogP contribution < -0.4 is 11.1 Å². The van der Waals surface area contributed by atoms with Gasteiger partial charge in [0.2, 0.25) is 11.8 Å². The highest BCUT2D eigenvalue weighted by Gasteiger charge is 2.51. The van der Waals surface area contributed by atoms with Crippen molar-refractivity contribution in [2.45, 2.75) is 44.4 Å². The van der Waals surface area contributed by atoms with Crippen molar-refractivity contribution in [2.24, 2.45) is 11.7 Å². The number of hydrogen-bond acceptors (Lipinski definition) is 6. The Morgan fingerprint density at radius 2 is 1.95 bits per heavy atom. The number of amides is 3. The lowest BCUT2D eigenvalue weighted by Crippen LogP contribution is -2.53. The van der Waals surface area contributed by atoms with Gasteiger partial charge in [0.15, 0.2) is 5.69 Å². The Labute approximate surface area is 221 Å². The summed E-state index contributed by atoms with van der Waals surface area (Å²) in [5.41, 5.74) is 5.96. The molecule has 12 heteroatoms. The van der Waals surface area contributed by atoms with Crippen molar-refractivity contribution in [1.82, 2.24) is 20.0 Å². The molecule has 0 spiro atoms. The van der Waals surface area contributed by atoms with Gasteiger partial charge in [-0.05, 0) is 43.4 Å². The molecule has 2 bridgehead atoms. The number of nitrogens with one attached hydrogen (secondary N) is 1. The molecule has 2 heterocycles. The van der Waals surface area contributed by atoms with Crippen molar-refractivity contribution in [2.75, 3.05) is 7.11 Å². The molecule has 0 unspecified atom stereocenters. The molecule has 1 aliphatic heterocycles. The molecular weight excluding hydrogens is 517 g/mol. The number of piperidine rings is 1. The van der Waals surface area contributed by atoms with E-state index in [0.29, 0.717) is 17.3 Å². The van der Waals surface area contributed by atoms with E-state index >= 15 is 0 Å². The van der Waals surface area contributed by atoms with Gasteiger partial charge in [0.25, 0.3) is 5.91 Å². The van der Waals surface area contributed by atoms with Gasteiger partial charge >= 0.3 is 5.97 Å². The molecule has 2 fully saturated rings. The topological polar surface area (TPSA) is 137 Å². The second kappa shape index (κ2) is 10.1. The summed E-state index contributed by atoms with van der Waals surface area (Å²) < 4.78 is 20.9. The first-order valence-electron chi connectivity index (χ1n) is 12.1. The van der Waals surface area contributed by atoms with Gasteiger partial charge in [-0.3, -0.25) is 19.1 Å². The third-order valence-corrected chi connectivity index (χ3v) is 7.65. The average Bonchev–Trinajstić information content (AvgIpc) is 3.62. The number of para-hydroxylation sites is 1. The number of methoxy groups -OCH3 is 1. The Morgan fingerprint density at radius 3 is 2.68 bits per heavy atom. The molecule has 1 aromatic heterocycles. The molecule has 10 nitrogen and oxygen atoms in total. The molecular formula is C26H25ClFN5O5. The Morgan fingerprint density at radius 1 is 1.18 bits per heavy atom. The number of aromatic nitrogens is 2. The zero-order chi connectivity index (χ0) is 27.1. The minimum Gasteiger partial charge on any atom is -0.465 e. The fourth-order valence-electron chi connectivity index (χ4n) is 5.67. The van der Waals surface area contributed by atoms with Crippen LogP contribution in [0.15, 0.2) is 36.4 Å². The summed E-state index contributed by atoms with van der Waals surface area (Å²) in [5.74, 6) is -3.13. The number of carbonyl (C=O) groups is 4. The number of esters is 1. The lowest BCUT2D eigenvalue weighted by Gasteiger charge is -2.34. The minimum atomic E-state index is -0.827. The molecule has 198 valence electrons. The molecule has 3 aromatic rings. The minimum absolute atomic E-state index is 0.0496. The Bertz CT molecular complexity index is 1470. The average molecular weight is 542 g/mol. The quantitative estimate of drug-likeness (QED) is 0.441. The number of benzene rings is 2. The van der Waals surface area contributed by atoms with Gasteiger partial charge in [-0.15, -0.1) is 0 Å². The van der Waals surface area contributed by atoms with Crippen molar-refractivity contribution in [3.05, 3.63) is 64.1 Å². The highest BCUT2D eigenvalue weighted by atomic mass is 35.5. The summed E-state index contributed by atoms with van der Waals surface area (Å²) in [6.45, 7) is -0.493. The van der Waals surface area contributed by atoms with Gasteiger partial charge in [0.1, 0.15) is 18.4 Å². The lowest BCUT2D eigenvalue weighted by atomic mass is 9.97. The van der Waals surface area contributed by atoms with Crippen molar-refractivity contribution in [1.29, 1.82) is 0 Å². The van der Waals surface area contributed by atoms with E-state index in [0.717, 1.165) is 12.8 Å². The van der Waals surface area contributed by atoms with Crippen LogP contribution in [0, 0.1) is 11.7 Å².